The number of carbonyl (C=O) groups is 1. The first kappa shape index (κ1) is 14.1. The Morgan fingerprint density at radius 1 is 1.24 bits per heavy atom. The monoisotopic (exact) mass is 286 g/mol. The van der Waals surface area contributed by atoms with Crippen LogP contribution in [-0.4, -0.2) is 37.0 Å². The highest BCUT2D eigenvalue weighted by Crippen LogP contribution is 2.25. The summed E-state index contributed by atoms with van der Waals surface area (Å²) in [6.07, 6.45) is 3.18. The van der Waals surface area contributed by atoms with E-state index in [-0.39, 0.29) is 5.91 Å². The molecule has 0 spiro atoms. The molecule has 1 saturated heterocycles. The third-order valence-corrected chi connectivity index (χ3v) is 4.30. The second kappa shape index (κ2) is 5.90. The molecular formula is C17H22N2O2. The van der Waals surface area contributed by atoms with Gasteiger partial charge < -0.3 is 14.6 Å². The van der Waals surface area contributed by atoms with Gasteiger partial charge >= 0.3 is 0 Å². The second-order valence-electron chi connectivity index (χ2n) is 5.85. The third kappa shape index (κ3) is 2.95. The van der Waals surface area contributed by atoms with Crippen LogP contribution >= 0.6 is 0 Å². The Kier molecular flexibility index (Phi) is 3.97. The number of fused-ring (bicyclic) bond motifs is 1. The largest absolute Gasteiger partial charge is 0.464 e. The van der Waals surface area contributed by atoms with Crippen molar-refractivity contribution in [3.63, 3.8) is 0 Å². The van der Waals surface area contributed by atoms with Crippen LogP contribution in [0.5, 0.6) is 0 Å². The van der Waals surface area contributed by atoms with E-state index in [4.69, 9.17) is 4.42 Å². The molecule has 0 atom stereocenters. The van der Waals surface area contributed by atoms with E-state index < -0.39 is 0 Å². The topological polar surface area (TPSA) is 45.5 Å². The molecule has 2 heterocycles. The number of nitrogens with one attached hydrogen (secondary N) is 1. The Morgan fingerprint density at radius 2 is 2.05 bits per heavy atom. The van der Waals surface area contributed by atoms with Gasteiger partial charge in [0.15, 0.2) is 0 Å². The first-order chi connectivity index (χ1) is 10.1. The highest BCUT2D eigenvalue weighted by molar-refractivity contribution is 5.88. The Balaban J connectivity index is 1.81. The predicted octanol–water partition coefficient (Wildman–Crippen LogP) is 2.41. The molecule has 0 bridgehead atoms. The molecule has 1 aromatic heterocycles. The van der Waals surface area contributed by atoms with Crippen molar-refractivity contribution in [2.24, 2.45) is 0 Å². The normalized spacial score (nSPS) is 16.2. The number of rotatable bonds is 2. The van der Waals surface area contributed by atoms with Crippen molar-refractivity contribution in [2.75, 3.05) is 26.2 Å². The van der Waals surface area contributed by atoms with Crippen molar-refractivity contribution in [3.05, 3.63) is 35.1 Å². The minimum atomic E-state index is 0.194. The lowest BCUT2D eigenvalue weighted by Crippen LogP contribution is -2.35. The lowest BCUT2D eigenvalue weighted by Gasteiger charge is -2.19. The molecule has 0 aliphatic carbocycles. The van der Waals surface area contributed by atoms with E-state index in [9.17, 15) is 4.79 Å². The van der Waals surface area contributed by atoms with Gasteiger partial charge in [0.2, 0.25) is 5.91 Å². The summed E-state index contributed by atoms with van der Waals surface area (Å²) >= 11 is 0. The fourth-order valence-corrected chi connectivity index (χ4v) is 2.84. The molecule has 4 heteroatoms. The van der Waals surface area contributed by atoms with Gasteiger partial charge in [-0.2, -0.15) is 0 Å². The molecule has 0 unspecified atom stereocenters. The average molecular weight is 286 g/mol. The van der Waals surface area contributed by atoms with Gasteiger partial charge in [-0.3, -0.25) is 4.79 Å². The number of hydrogen-bond acceptors (Lipinski definition) is 3. The van der Waals surface area contributed by atoms with Gasteiger partial charge in [-0.25, -0.2) is 0 Å². The average Bonchev–Trinajstić information content (AvgIpc) is 2.69. The minimum absolute atomic E-state index is 0.194. The maximum absolute atomic E-state index is 12.5. The maximum atomic E-state index is 12.5. The van der Waals surface area contributed by atoms with Crippen LogP contribution in [0.4, 0.5) is 0 Å². The molecular weight excluding hydrogens is 264 g/mol. The number of benzene rings is 1. The van der Waals surface area contributed by atoms with Crippen molar-refractivity contribution < 1.29 is 9.21 Å². The van der Waals surface area contributed by atoms with Crippen LogP contribution in [0.25, 0.3) is 11.0 Å². The van der Waals surface area contributed by atoms with Gasteiger partial charge in [0, 0.05) is 30.6 Å². The van der Waals surface area contributed by atoms with E-state index in [0.717, 1.165) is 49.1 Å². The summed E-state index contributed by atoms with van der Waals surface area (Å²) in [5.41, 5.74) is 4.32. The van der Waals surface area contributed by atoms with Crippen molar-refractivity contribution >= 4 is 16.9 Å². The molecule has 2 aromatic rings. The number of furan rings is 1. The molecule has 1 fully saturated rings. The number of amides is 1. The Bertz CT molecular complexity index is 652. The molecule has 1 aromatic carbocycles. The zero-order valence-electron chi connectivity index (χ0n) is 12.7. The molecule has 1 amide bonds. The van der Waals surface area contributed by atoms with Gasteiger partial charge in [0.1, 0.15) is 5.58 Å². The first-order valence-corrected chi connectivity index (χ1v) is 7.61. The van der Waals surface area contributed by atoms with Crippen LogP contribution in [0.2, 0.25) is 0 Å². The van der Waals surface area contributed by atoms with Gasteiger partial charge in [-0.1, -0.05) is 0 Å². The molecule has 1 N–H and O–H groups in total. The summed E-state index contributed by atoms with van der Waals surface area (Å²) in [5, 5.41) is 4.39. The summed E-state index contributed by atoms with van der Waals surface area (Å²) in [7, 11) is 0. The van der Waals surface area contributed by atoms with Gasteiger partial charge in [0.05, 0.1) is 12.7 Å². The van der Waals surface area contributed by atoms with Crippen LogP contribution in [0, 0.1) is 13.8 Å². The van der Waals surface area contributed by atoms with E-state index in [0.29, 0.717) is 6.42 Å². The second-order valence-corrected chi connectivity index (χ2v) is 5.85. The zero-order valence-corrected chi connectivity index (χ0v) is 12.7. The molecule has 0 saturated carbocycles. The van der Waals surface area contributed by atoms with Crippen LogP contribution in [0.15, 0.2) is 22.8 Å². The lowest BCUT2D eigenvalue weighted by molar-refractivity contribution is -0.130. The quantitative estimate of drug-likeness (QED) is 0.922. The molecule has 4 nitrogen and oxygen atoms in total. The van der Waals surface area contributed by atoms with Crippen molar-refractivity contribution in [1.82, 2.24) is 10.2 Å². The fourth-order valence-electron chi connectivity index (χ4n) is 2.84. The summed E-state index contributed by atoms with van der Waals surface area (Å²) in [4.78, 5) is 14.4. The molecule has 1 aliphatic rings. The predicted molar refractivity (Wildman–Crippen MR) is 83.5 cm³/mol. The number of nitrogens with zero attached hydrogens (tertiary/aromatic N) is 1. The summed E-state index contributed by atoms with van der Waals surface area (Å²) in [6.45, 7) is 7.69. The number of carbonyl (C=O) groups excluding carboxylic acids is 1. The maximum Gasteiger partial charge on any atom is 0.227 e. The summed E-state index contributed by atoms with van der Waals surface area (Å²) < 4.78 is 5.61. The SMILES string of the molecule is Cc1cc2occ(CC(=O)N3CCCNCC3)c2cc1C. The summed E-state index contributed by atoms with van der Waals surface area (Å²) in [6, 6.07) is 4.18. The Labute approximate surface area is 125 Å². The molecule has 1 aliphatic heterocycles. The van der Waals surface area contributed by atoms with E-state index in [1.54, 1.807) is 6.26 Å². The van der Waals surface area contributed by atoms with Crippen LogP contribution < -0.4 is 5.32 Å². The third-order valence-electron chi connectivity index (χ3n) is 4.30. The van der Waals surface area contributed by atoms with E-state index in [1.807, 2.05) is 4.90 Å². The van der Waals surface area contributed by atoms with Crippen LogP contribution in [0.1, 0.15) is 23.1 Å². The van der Waals surface area contributed by atoms with Gasteiger partial charge in [0.25, 0.3) is 0 Å². The lowest BCUT2D eigenvalue weighted by atomic mass is 10.0. The van der Waals surface area contributed by atoms with E-state index in [1.165, 1.54) is 11.1 Å². The molecule has 21 heavy (non-hydrogen) atoms. The van der Waals surface area contributed by atoms with Crippen molar-refractivity contribution in [2.45, 2.75) is 26.7 Å². The van der Waals surface area contributed by atoms with Gasteiger partial charge in [-0.15, -0.1) is 0 Å². The van der Waals surface area contributed by atoms with Crippen molar-refractivity contribution in [1.29, 1.82) is 0 Å². The first-order valence-electron chi connectivity index (χ1n) is 7.61. The summed E-state index contributed by atoms with van der Waals surface area (Å²) in [5.74, 6) is 0.194. The van der Waals surface area contributed by atoms with Crippen LogP contribution in [0.3, 0.4) is 0 Å². The fraction of sp³-hybridized carbons (Fsp3) is 0.471. The van der Waals surface area contributed by atoms with Crippen molar-refractivity contribution in [3.8, 4) is 0 Å². The minimum Gasteiger partial charge on any atom is -0.464 e. The zero-order chi connectivity index (χ0) is 14.8. The Hall–Kier alpha value is -1.81. The highest BCUT2D eigenvalue weighted by atomic mass is 16.3. The van der Waals surface area contributed by atoms with E-state index >= 15 is 0 Å². The van der Waals surface area contributed by atoms with Gasteiger partial charge in [-0.05, 0) is 50.1 Å². The van der Waals surface area contributed by atoms with Crippen LogP contribution in [-0.2, 0) is 11.2 Å². The molecule has 0 radical (unpaired) electrons. The molecule has 112 valence electrons. The smallest absolute Gasteiger partial charge is 0.227 e. The highest BCUT2D eigenvalue weighted by Gasteiger charge is 2.18. The molecule has 3 rings (SSSR count). The van der Waals surface area contributed by atoms with E-state index in [2.05, 4.69) is 31.3 Å². The Morgan fingerprint density at radius 3 is 2.90 bits per heavy atom. The number of aryl methyl sites for hydroxylation is 2. The standard InChI is InChI=1S/C17H22N2O2/c1-12-8-15-14(11-21-16(15)9-13(12)2)10-17(20)19-6-3-4-18-5-7-19/h8-9,11,18H,3-7,10H2,1-2H3. The number of hydrogen-bond donors (Lipinski definition) is 1.